The monoisotopic (exact) mass is 296 g/mol. The molecule has 0 saturated carbocycles. The van der Waals surface area contributed by atoms with Crippen molar-refractivity contribution in [1.82, 2.24) is 25.5 Å². The third-order valence-corrected chi connectivity index (χ3v) is 3.08. The standard InChI is InChI=1S/C11H13ClN6O2/c1-3-13-7(2)11-14-15-16-17(11)8-4-5-9(12)10(6-8)18(19)20/h4-7,13H,3H2,1-2H3. The SMILES string of the molecule is CCNC(C)c1nnnn1-c1ccc(Cl)c([N+](=O)[O-])c1. The molecule has 0 saturated heterocycles. The van der Waals surface area contributed by atoms with Crippen LogP contribution < -0.4 is 5.32 Å². The van der Waals surface area contributed by atoms with Crippen molar-refractivity contribution in [3.05, 3.63) is 39.2 Å². The van der Waals surface area contributed by atoms with Crippen molar-refractivity contribution >= 4 is 17.3 Å². The summed E-state index contributed by atoms with van der Waals surface area (Å²) in [6.07, 6.45) is 0. The smallest absolute Gasteiger partial charge is 0.290 e. The number of nitro benzene ring substituents is 1. The molecule has 0 aliphatic heterocycles. The lowest BCUT2D eigenvalue weighted by atomic mass is 10.2. The van der Waals surface area contributed by atoms with Crippen LogP contribution in [0.3, 0.4) is 0 Å². The van der Waals surface area contributed by atoms with E-state index in [1.807, 2.05) is 13.8 Å². The molecule has 106 valence electrons. The van der Waals surface area contributed by atoms with Gasteiger partial charge in [-0.15, -0.1) is 5.10 Å². The highest BCUT2D eigenvalue weighted by molar-refractivity contribution is 6.32. The molecule has 1 atom stereocenters. The van der Waals surface area contributed by atoms with Crippen LogP contribution in [0.15, 0.2) is 18.2 Å². The van der Waals surface area contributed by atoms with Crippen LogP contribution >= 0.6 is 11.6 Å². The summed E-state index contributed by atoms with van der Waals surface area (Å²) < 4.78 is 1.46. The Morgan fingerprint density at radius 1 is 1.55 bits per heavy atom. The van der Waals surface area contributed by atoms with Crippen molar-refractivity contribution in [3.63, 3.8) is 0 Å². The number of rotatable bonds is 5. The first-order valence-electron chi connectivity index (χ1n) is 6.00. The first kappa shape index (κ1) is 14.4. The first-order valence-corrected chi connectivity index (χ1v) is 6.38. The van der Waals surface area contributed by atoms with E-state index in [2.05, 4.69) is 20.8 Å². The predicted molar refractivity (Wildman–Crippen MR) is 72.9 cm³/mol. The Morgan fingerprint density at radius 3 is 2.95 bits per heavy atom. The van der Waals surface area contributed by atoms with Crippen LogP contribution in [-0.2, 0) is 0 Å². The highest BCUT2D eigenvalue weighted by Crippen LogP contribution is 2.27. The van der Waals surface area contributed by atoms with Gasteiger partial charge in [0.05, 0.1) is 16.7 Å². The number of hydrogen-bond donors (Lipinski definition) is 1. The molecule has 0 amide bonds. The summed E-state index contributed by atoms with van der Waals surface area (Å²) in [7, 11) is 0. The van der Waals surface area contributed by atoms with Gasteiger partial charge < -0.3 is 5.32 Å². The van der Waals surface area contributed by atoms with Gasteiger partial charge in [0, 0.05) is 6.07 Å². The molecule has 0 spiro atoms. The maximum absolute atomic E-state index is 10.9. The van der Waals surface area contributed by atoms with Gasteiger partial charge in [-0.25, -0.2) is 0 Å². The summed E-state index contributed by atoms with van der Waals surface area (Å²) in [5.41, 5.74) is 0.313. The van der Waals surface area contributed by atoms with Gasteiger partial charge in [-0.05, 0) is 36.0 Å². The van der Waals surface area contributed by atoms with E-state index in [0.29, 0.717) is 11.5 Å². The second kappa shape index (κ2) is 5.93. The molecule has 1 N–H and O–H groups in total. The van der Waals surface area contributed by atoms with Crippen molar-refractivity contribution < 1.29 is 4.92 Å². The molecule has 2 rings (SSSR count). The van der Waals surface area contributed by atoms with E-state index in [1.165, 1.54) is 16.8 Å². The van der Waals surface area contributed by atoms with Crippen molar-refractivity contribution in [3.8, 4) is 5.69 Å². The topological polar surface area (TPSA) is 98.8 Å². The lowest BCUT2D eigenvalue weighted by molar-refractivity contribution is -0.384. The zero-order valence-electron chi connectivity index (χ0n) is 10.9. The summed E-state index contributed by atoms with van der Waals surface area (Å²) in [4.78, 5) is 10.4. The first-order chi connectivity index (χ1) is 9.54. The molecule has 2 aromatic rings. The summed E-state index contributed by atoms with van der Waals surface area (Å²) in [5, 5.41) is 25.6. The van der Waals surface area contributed by atoms with Crippen molar-refractivity contribution in [2.75, 3.05) is 6.54 Å². The Bertz CT molecular complexity index is 629. The fourth-order valence-corrected chi connectivity index (χ4v) is 2.00. The van der Waals surface area contributed by atoms with Crippen LogP contribution in [0, 0.1) is 10.1 Å². The molecule has 1 heterocycles. The minimum Gasteiger partial charge on any atom is -0.308 e. The van der Waals surface area contributed by atoms with Crippen LogP contribution in [0.2, 0.25) is 5.02 Å². The predicted octanol–water partition coefficient (Wildman–Crippen LogP) is 1.89. The quantitative estimate of drug-likeness (QED) is 0.668. The van der Waals surface area contributed by atoms with Gasteiger partial charge in [-0.2, -0.15) is 4.68 Å². The summed E-state index contributed by atoms with van der Waals surface area (Å²) in [6.45, 7) is 4.64. The Hall–Kier alpha value is -2.06. The molecule has 8 nitrogen and oxygen atoms in total. The van der Waals surface area contributed by atoms with Gasteiger partial charge >= 0.3 is 0 Å². The molecule has 1 unspecified atom stereocenters. The van der Waals surface area contributed by atoms with Crippen LogP contribution in [-0.4, -0.2) is 31.7 Å². The molecule has 0 aliphatic rings. The van der Waals surface area contributed by atoms with Crippen molar-refractivity contribution in [2.24, 2.45) is 0 Å². The molecule has 0 fully saturated rings. The molecule has 0 radical (unpaired) electrons. The third kappa shape index (κ3) is 2.75. The highest BCUT2D eigenvalue weighted by atomic mass is 35.5. The van der Waals surface area contributed by atoms with Crippen LogP contribution in [0.4, 0.5) is 5.69 Å². The van der Waals surface area contributed by atoms with E-state index in [-0.39, 0.29) is 16.8 Å². The molecule has 20 heavy (non-hydrogen) atoms. The fraction of sp³-hybridized carbons (Fsp3) is 0.364. The summed E-state index contributed by atoms with van der Waals surface area (Å²) in [5.74, 6) is 0.573. The van der Waals surface area contributed by atoms with Crippen LogP contribution in [0.5, 0.6) is 0 Å². The molecule has 0 bridgehead atoms. The maximum atomic E-state index is 10.9. The Kier molecular flexibility index (Phi) is 4.26. The van der Waals surface area contributed by atoms with Gasteiger partial charge in [-0.1, -0.05) is 18.5 Å². The number of aromatic nitrogens is 4. The van der Waals surface area contributed by atoms with E-state index in [0.717, 1.165) is 6.54 Å². The van der Waals surface area contributed by atoms with Gasteiger partial charge in [0.2, 0.25) is 0 Å². The van der Waals surface area contributed by atoms with Gasteiger partial charge in [0.1, 0.15) is 5.02 Å². The maximum Gasteiger partial charge on any atom is 0.290 e. The molecule has 0 aliphatic carbocycles. The number of nitro groups is 1. The summed E-state index contributed by atoms with van der Waals surface area (Å²) >= 11 is 5.79. The van der Waals surface area contributed by atoms with Gasteiger partial charge in [0.15, 0.2) is 5.82 Å². The molecule has 1 aromatic heterocycles. The Labute approximate surface area is 119 Å². The van der Waals surface area contributed by atoms with Crippen molar-refractivity contribution in [1.29, 1.82) is 0 Å². The third-order valence-electron chi connectivity index (χ3n) is 2.76. The number of tetrazole rings is 1. The van der Waals surface area contributed by atoms with E-state index in [4.69, 9.17) is 11.6 Å². The lowest BCUT2D eigenvalue weighted by Gasteiger charge is -2.12. The largest absolute Gasteiger partial charge is 0.308 e. The van der Waals surface area contributed by atoms with Crippen LogP contribution in [0.25, 0.3) is 5.69 Å². The number of benzene rings is 1. The fourth-order valence-electron chi connectivity index (χ4n) is 1.82. The number of nitrogens with one attached hydrogen (secondary N) is 1. The average Bonchev–Trinajstić information content (AvgIpc) is 2.88. The normalized spacial score (nSPS) is 12.3. The second-order valence-corrected chi connectivity index (χ2v) is 4.53. The molecular formula is C11H13ClN6O2. The second-order valence-electron chi connectivity index (χ2n) is 4.12. The number of halogens is 1. The van der Waals surface area contributed by atoms with Crippen molar-refractivity contribution in [2.45, 2.75) is 19.9 Å². The number of nitrogens with zero attached hydrogens (tertiary/aromatic N) is 5. The summed E-state index contributed by atoms with van der Waals surface area (Å²) in [6, 6.07) is 4.36. The molecule has 9 heteroatoms. The molecule has 1 aromatic carbocycles. The zero-order chi connectivity index (χ0) is 14.7. The minimum atomic E-state index is -0.538. The van der Waals surface area contributed by atoms with E-state index in [9.17, 15) is 10.1 Å². The zero-order valence-corrected chi connectivity index (χ0v) is 11.7. The van der Waals surface area contributed by atoms with Crippen LogP contribution in [0.1, 0.15) is 25.7 Å². The average molecular weight is 297 g/mol. The molecular weight excluding hydrogens is 284 g/mol. The van der Waals surface area contributed by atoms with Gasteiger partial charge in [-0.3, -0.25) is 10.1 Å². The van der Waals surface area contributed by atoms with E-state index >= 15 is 0 Å². The lowest BCUT2D eigenvalue weighted by Crippen LogP contribution is -2.21. The Balaban J connectivity index is 2.45. The number of hydrogen-bond acceptors (Lipinski definition) is 6. The Morgan fingerprint density at radius 2 is 2.30 bits per heavy atom. The van der Waals surface area contributed by atoms with Gasteiger partial charge in [0.25, 0.3) is 5.69 Å². The van der Waals surface area contributed by atoms with E-state index in [1.54, 1.807) is 6.07 Å². The minimum absolute atomic E-state index is 0.0770. The van der Waals surface area contributed by atoms with E-state index < -0.39 is 4.92 Å². The highest BCUT2D eigenvalue weighted by Gasteiger charge is 2.18.